The molecule has 0 unspecified atom stereocenters. The zero-order chi connectivity index (χ0) is 13.0. The Kier molecular flexibility index (Phi) is 5.16. The highest BCUT2D eigenvalue weighted by atomic mass is 16.3. The van der Waals surface area contributed by atoms with Gasteiger partial charge in [-0.05, 0) is 40.2 Å². The molecule has 0 saturated carbocycles. The highest BCUT2D eigenvalue weighted by molar-refractivity contribution is 5.18. The fourth-order valence-electron chi connectivity index (χ4n) is 2.63. The molecule has 17 heavy (non-hydrogen) atoms. The first-order valence-corrected chi connectivity index (χ1v) is 6.45. The Morgan fingerprint density at radius 1 is 0.882 bits per heavy atom. The molecule has 0 aliphatic carbocycles. The van der Waals surface area contributed by atoms with Crippen LogP contribution in [0.4, 0.5) is 0 Å². The predicted octanol–water partition coefficient (Wildman–Crippen LogP) is 3.23. The molecule has 0 saturated heterocycles. The molecule has 0 radical (unpaired) electrons. The van der Waals surface area contributed by atoms with Crippen LogP contribution in [-0.2, 0) is 0 Å². The van der Waals surface area contributed by atoms with Crippen LogP contribution in [0.15, 0.2) is 30.3 Å². The summed E-state index contributed by atoms with van der Waals surface area (Å²) in [5.74, 6) is 0. The molecule has 2 heteroatoms. The van der Waals surface area contributed by atoms with E-state index in [-0.39, 0.29) is 6.04 Å². The molecule has 0 amide bonds. The number of benzene rings is 1. The SMILES string of the molecule is CC(C)N(C(C)C)[C@@H](C)[C@H](O)c1ccccc1. The lowest BCUT2D eigenvalue weighted by molar-refractivity contribution is 0.0210. The molecule has 1 aromatic carbocycles. The average Bonchev–Trinajstić information content (AvgIpc) is 2.28. The number of rotatable bonds is 5. The molecule has 0 aliphatic rings. The van der Waals surface area contributed by atoms with Crippen LogP contribution in [0.25, 0.3) is 0 Å². The Bertz CT molecular complexity index is 313. The van der Waals surface area contributed by atoms with Crippen LogP contribution >= 0.6 is 0 Å². The number of hydrogen-bond acceptors (Lipinski definition) is 2. The van der Waals surface area contributed by atoms with Gasteiger partial charge >= 0.3 is 0 Å². The normalized spacial score (nSPS) is 15.6. The summed E-state index contributed by atoms with van der Waals surface area (Å²) < 4.78 is 0. The Balaban J connectivity index is 2.84. The molecule has 0 aliphatic heterocycles. The molecule has 0 fully saturated rings. The predicted molar refractivity (Wildman–Crippen MR) is 73.0 cm³/mol. The maximum absolute atomic E-state index is 10.4. The summed E-state index contributed by atoms with van der Waals surface area (Å²) in [7, 11) is 0. The summed E-state index contributed by atoms with van der Waals surface area (Å²) in [6.07, 6.45) is -0.430. The third kappa shape index (κ3) is 3.55. The molecule has 1 rings (SSSR count). The van der Waals surface area contributed by atoms with Crippen molar-refractivity contribution in [3.8, 4) is 0 Å². The van der Waals surface area contributed by atoms with Gasteiger partial charge in [0.2, 0.25) is 0 Å². The molecular weight excluding hydrogens is 210 g/mol. The second-order valence-corrected chi connectivity index (χ2v) is 5.23. The Morgan fingerprint density at radius 3 is 1.76 bits per heavy atom. The van der Waals surface area contributed by atoms with E-state index in [1.807, 2.05) is 30.3 Å². The molecule has 1 N–H and O–H groups in total. The van der Waals surface area contributed by atoms with Gasteiger partial charge in [0.05, 0.1) is 6.10 Å². The van der Waals surface area contributed by atoms with E-state index in [1.54, 1.807) is 0 Å². The molecule has 0 heterocycles. The third-order valence-electron chi connectivity index (χ3n) is 3.26. The summed E-state index contributed by atoms with van der Waals surface area (Å²) in [5, 5.41) is 10.4. The molecular formula is C15H25NO. The van der Waals surface area contributed by atoms with Crippen molar-refractivity contribution in [1.29, 1.82) is 0 Å². The quantitative estimate of drug-likeness (QED) is 0.847. The van der Waals surface area contributed by atoms with Crippen molar-refractivity contribution in [3.05, 3.63) is 35.9 Å². The fourth-order valence-corrected chi connectivity index (χ4v) is 2.63. The van der Waals surface area contributed by atoms with Gasteiger partial charge in [-0.2, -0.15) is 0 Å². The van der Waals surface area contributed by atoms with Gasteiger partial charge in [0.1, 0.15) is 0 Å². The first kappa shape index (κ1) is 14.2. The minimum Gasteiger partial charge on any atom is -0.387 e. The van der Waals surface area contributed by atoms with Crippen LogP contribution in [-0.4, -0.2) is 28.1 Å². The van der Waals surface area contributed by atoms with Crippen molar-refractivity contribution in [3.63, 3.8) is 0 Å². The smallest absolute Gasteiger partial charge is 0.0942 e. The van der Waals surface area contributed by atoms with Crippen molar-refractivity contribution in [1.82, 2.24) is 4.90 Å². The van der Waals surface area contributed by atoms with Gasteiger partial charge in [-0.1, -0.05) is 30.3 Å². The largest absolute Gasteiger partial charge is 0.387 e. The van der Waals surface area contributed by atoms with Gasteiger partial charge in [-0.25, -0.2) is 0 Å². The van der Waals surface area contributed by atoms with Crippen LogP contribution < -0.4 is 0 Å². The second-order valence-electron chi connectivity index (χ2n) is 5.23. The minimum atomic E-state index is -0.430. The van der Waals surface area contributed by atoms with Gasteiger partial charge < -0.3 is 5.11 Å². The van der Waals surface area contributed by atoms with Crippen LogP contribution in [0.1, 0.15) is 46.3 Å². The Morgan fingerprint density at radius 2 is 1.35 bits per heavy atom. The molecule has 1 aromatic rings. The van der Waals surface area contributed by atoms with Gasteiger partial charge in [0, 0.05) is 18.1 Å². The van der Waals surface area contributed by atoms with Gasteiger partial charge in [-0.3, -0.25) is 4.90 Å². The lowest BCUT2D eigenvalue weighted by Gasteiger charge is -2.38. The molecule has 2 nitrogen and oxygen atoms in total. The fraction of sp³-hybridized carbons (Fsp3) is 0.600. The van der Waals surface area contributed by atoms with E-state index in [9.17, 15) is 5.11 Å². The topological polar surface area (TPSA) is 23.5 Å². The Labute approximate surface area is 105 Å². The average molecular weight is 235 g/mol. The first-order valence-electron chi connectivity index (χ1n) is 6.45. The van der Waals surface area contributed by atoms with Crippen molar-refractivity contribution in [2.45, 2.75) is 58.8 Å². The standard InChI is InChI=1S/C15H25NO/c1-11(2)16(12(3)4)13(5)15(17)14-9-7-6-8-10-14/h6-13,15,17H,1-5H3/t13-,15-/m0/s1. The number of hydrogen-bond donors (Lipinski definition) is 1. The zero-order valence-electron chi connectivity index (χ0n) is 11.6. The van der Waals surface area contributed by atoms with Crippen LogP contribution in [0.3, 0.4) is 0 Å². The van der Waals surface area contributed by atoms with Crippen molar-refractivity contribution < 1.29 is 5.11 Å². The lowest BCUT2D eigenvalue weighted by atomic mass is 10.00. The molecule has 0 aromatic heterocycles. The molecule has 96 valence electrons. The summed E-state index contributed by atoms with van der Waals surface area (Å²) in [6, 6.07) is 10.9. The third-order valence-corrected chi connectivity index (χ3v) is 3.26. The molecule has 0 spiro atoms. The van der Waals surface area contributed by atoms with E-state index in [4.69, 9.17) is 0 Å². The van der Waals surface area contributed by atoms with Crippen LogP contribution in [0.2, 0.25) is 0 Å². The number of aliphatic hydroxyl groups is 1. The van der Waals surface area contributed by atoms with Crippen molar-refractivity contribution in [2.75, 3.05) is 0 Å². The minimum absolute atomic E-state index is 0.123. The molecule has 0 bridgehead atoms. The Hall–Kier alpha value is -0.860. The summed E-state index contributed by atoms with van der Waals surface area (Å²) in [4.78, 5) is 2.34. The van der Waals surface area contributed by atoms with E-state index in [2.05, 4.69) is 39.5 Å². The summed E-state index contributed by atoms with van der Waals surface area (Å²) in [6.45, 7) is 10.8. The maximum Gasteiger partial charge on any atom is 0.0942 e. The van der Waals surface area contributed by atoms with Crippen LogP contribution in [0, 0.1) is 0 Å². The molecule has 2 atom stereocenters. The van der Waals surface area contributed by atoms with E-state index in [0.29, 0.717) is 12.1 Å². The highest BCUT2D eigenvalue weighted by Gasteiger charge is 2.26. The van der Waals surface area contributed by atoms with Crippen LogP contribution in [0.5, 0.6) is 0 Å². The van der Waals surface area contributed by atoms with E-state index in [1.165, 1.54) is 0 Å². The lowest BCUT2D eigenvalue weighted by Crippen LogP contribution is -2.46. The maximum atomic E-state index is 10.4. The van der Waals surface area contributed by atoms with Crippen molar-refractivity contribution >= 4 is 0 Å². The first-order chi connectivity index (χ1) is 7.95. The zero-order valence-corrected chi connectivity index (χ0v) is 11.6. The van der Waals surface area contributed by atoms with Crippen molar-refractivity contribution in [2.24, 2.45) is 0 Å². The van der Waals surface area contributed by atoms with E-state index in [0.717, 1.165) is 5.56 Å². The van der Waals surface area contributed by atoms with Gasteiger partial charge in [0.25, 0.3) is 0 Å². The van der Waals surface area contributed by atoms with Gasteiger partial charge in [0.15, 0.2) is 0 Å². The monoisotopic (exact) mass is 235 g/mol. The second kappa shape index (κ2) is 6.18. The number of aliphatic hydroxyl groups excluding tert-OH is 1. The highest BCUT2D eigenvalue weighted by Crippen LogP contribution is 2.23. The van der Waals surface area contributed by atoms with E-state index >= 15 is 0 Å². The summed E-state index contributed by atoms with van der Waals surface area (Å²) in [5.41, 5.74) is 0.992. The van der Waals surface area contributed by atoms with E-state index < -0.39 is 6.10 Å². The summed E-state index contributed by atoms with van der Waals surface area (Å²) >= 11 is 0. The number of nitrogens with zero attached hydrogens (tertiary/aromatic N) is 1. The van der Waals surface area contributed by atoms with Gasteiger partial charge in [-0.15, -0.1) is 0 Å².